The molecule has 0 aliphatic carbocycles. The van der Waals surface area contributed by atoms with Crippen molar-refractivity contribution in [2.75, 3.05) is 6.54 Å². The van der Waals surface area contributed by atoms with Crippen LogP contribution in [0.1, 0.15) is 25.5 Å². The van der Waals surface area contributed by atoms with Crippen LogP contribution < -0.4 is 10.6 Å². The first-order valence-electron chi connectivity index (χ1n) is 7.90. The third-order valence-corrected chi connectivity index (χ3v) is 3.54. The van der Waals surface area contributed by atoms with Crippen molar-refractivity contribution in [3.05, 3.63) is 60.2 Å². The number of aliphatic carboxylic acids is 1. The molecule has 126 valence electrons. The van der Waals surface area contributed by atoms with Crippen LogP contribution in [-0.2, 0) is 4.79 Å². The maximum absolute atomic E-state index is 11.8. The van der Waals surface area contributed by atoms with Crippen molar-refractivity contribution in [2.45, 2.75) is 19.9 Å². The lowest BCUT2D eigenvalue weighted by Crippen LogP contribution is -2.42. The summed E-state index contributed by atoms with van der Waals surface area (Å²) in [5, 5.41) is 14.6. The van der Waals surface area contributed by atoms with Gasteiger partial charge in [-0.15, -0.1) is 0 Å². The van der Waals surface area contributed by atoms with E-state index in [2.05, 4.69) is 10.6 Å². The quantitative estimate of drug-likeness (QED) is 0.761. The van der Waals surface area contributed by atoms with Gasteiger partial charge in [-0.05, 0) is 22.6 Å². The van der Waals surface area contributed by atoms with Crippen LogP contribution in [0.3, 0.4) is 0 Å². The Labute approximate surface area is 141 Å². The first kappa shape index (κ1) is 17.5. The fourth-order valence-corrected chi connectivity index (χ4v) is 2.27. The molecule has 0 saturated heterocycles. The highest BCUT2D eigenvalue weighted by molar-refractivity contribution is 5.83. The van der Waals surface area contributed by atoms with Crippen molar-refractivity contribution in [3.8, 4) is 11.1 Å². The smallest absolute Gasteiger partial charge is 0.330 e. The number of urea groups is 1. The summed E-state index contributed by atoms with van der Waals surface area (Å²) in [4.78, 5) is 23.3. The van der Waals surface area contributed by atoms with E-state index >= 15 is 0 Å². The standard InChI is InChI=1S/C19H22N2O3/c1-13(2)12-20-19(24)21-17(18(22)23)16-10-8-15(9-11-16)14-6-4-3-5-7-14/h3-11,13,17H,12H2,1-2H3,(H,22,23)(H2,20,21,24)/t17-/m0/s1. The fourth-order valence-electron chi connectivity index (χ4n) is 2.27. The van der Waals surface area contributed by atoms with Gasteiger partial charge in [-0.1, -0.05) is 68.4 Å². The van der Waals surface area contributed by atoms with Crippen molar-refractivity contribution in [1.82, 2.24) is 10.6 Å². The van der Waals surface area contributed by atoms with Crippen LogP contribution in [0.4, 0.5) is 4.79 Å². The van der Waals surface area contributed by atoms with Gasteiger partial charge in [-0.2, -0.15) is 0 Å². The summed E-state index contributed by atoms with van der Waals surface area (Å²) in [6, 6.07) is 15.4. The largest absolute Gasteiger partial charge is 0.479 e. The molecule has 0 aliphatic rings. The van der Waals surface area contributed by atoms with Gasteiger partial charge in [0.15, 0.2) is 6.04 Å². The van der Waals surface area contributed by atoms with E-state index in [1.165, 1.54) is 0 Å². The minimum Gasteiger partial charge on any atom is -0.479 e. The molecular formula is C19H22N2O3. The Hall–Kier alpha value is -2.82. The molecule has 1 atom stereocenters. The van der Waals surface area contributed by atoms with Gasteiger partial charge < -0.3 is 15.7 Å². The van der Waals surface area contributed by atoms with Crippen LogP contribution in [0.2, 0.25) is 0 Å². The summed E-state index contributed by atoms with van der Waals surface area (Å²) in [7, 11) is 0. The Morgan fingerprint density at radius 3 is 2.08 bits per heavy atom. The van der Waals surface area contributed by atoms with Crippen LogP contribution in [-0.4, -0.2) is 23.7 Å². The van der Waals surface area contributed by atoms with Gasteiger partial charge in [-0.25, -0.2) is 9.59 Å². The van der Waals surface area contributed by atoms with Crippen LogP contribution in [0, 0.1) is 5.92 Å². The Morgan fingerprint density at radius 2 is 1.54 bits per heavy atom. The van der Waals surface area contributed by atoms with E-state index in [-0.39, 0.29) is 0 Å². The molecule has 2 rings (SSSR count). The number of nitrogens with one attached hydrogen (secondary N) is 2. The molecule has 0 aliphatic heterocycles. The summed E-state index contributed by atoms with van der Waals surface area (Å²) in [5.74, 6) is -0.800. The molecule has 0 saturated carbocycles. The predicted molar refractivity (Wildman–Crippen MR) is 93.6 cm³/mol. The van der Waals surface area contributed by atoms with E-state index in [1.807, 2.05) is 56.3 Å². The average molecular weight is 326 g/mol. The molecule has 0 heterocycles. The number of hydrogen-bond acceptors (Lipinski definition) is 2. The molecule has 5 nitrogen and oxygen atoms in total. The van der Waals surface area contributed by atoms with Gasteiger partial charge in [-0.3, -0.25) is 0 Å². The van der Waals surface area contributed by atoms with Crippen LogP contribution in [0.5, 0.6) is 0 Å². The summed E-state index contributed by atoms with van der Waals surface area (Å²) in [6.07, 6.45) is 0. The number of carboxylic acid groups (broad SMARTS) is 1. The zero-order chi connectivity index (χ0) is 17.5. The predicted octanol–water partition coefficient (Wildman–Crippen LogP) is 3.43. The fraction of sp³-hybridized carbons (Fsp3) is 0.263. The van der Waals surface area contributed by atoms with Crippen molar-refractivity contribution < 1.29 is 14.7 Å². The molecule has 0 unspecified atom stereocenters. The number of benzene rings is 2. The van der Waals surface area contributed by atoms with Crippen LogP contribution >= 0.6 is 0 Å². The van der Waals surface area contributed by atoms with Gasteiger partial charge in [0.1, 0.15) is 0 Å². The third-order valence-electron chi connectivity index (χ3n) is 3.54. The van der Waals surface area contributed by atoms with Gasteiger partial charge >= 0.3 is 12.0 Å². The number of rotatable bonds is 6. The summed E-state index contributed by atoms with van der Waals surface area (Å²) >= 11 is 0. The maximum atomic E-state index is 11.8. The zero-order valence-electron chi connectivity index (χ0n) is 13.8. The van der Waals surface area contributed by atoms with Crippen molar-refractivity contribution in [3.63, 3.8) is 0 Å². The highest BCUT2D eigenvalue weighted by Gasteiger charge is 2.22. The lowest BCUT2D eigenvalue weighted by molar-refractivity contribution is -0.139. The normalized spacial score (nSPS) is 11.8. The second kappa shape index (κ2) is 8.15. The monoisotopic (exact) mass is 326 g/mol. The van der Waals surface area contributed by atoms with E-state index in [0.717, 1.165) is 11.1 Å². The number of hydrogen-bond donors (Lipinski definition) is 3. The zero-order valence-corrected chi connectivity index (χ0v) is 13.8. The van der Waals surface area contributed by atoms with Crippen LogP contribution in [0.25, 0.3) is 11.1 Å². The Kier molecular flexibility index (Phi) is 5.95. The molecule has 0 spiro atoms. The molecule has 3 N–H and O–H groups in total. The minimum absolute atomic E-state index is 0.296. The molecule has 0 fully saturated rings. The molecule has 2 amide bonds. The van der Waals surface area contributed by atoms with E-state index in [0.29, 0.717) is 18.0 Å². The molecule has 0 aromatic heterocycles. The number of carboxylic acids is 1. The van der Waals surface area contributed by atoms with E-state index in [4.69, 9.17) is 0 Å². The molecular weight excluding hydrogens is 304 g/mol. The van der Waals surface area contributed by atoms with Crippen molar-refractivity contribution >= 4 is 12.0 Å². The Morgan fingerprint density at radius 1 is 0.958 bits per heavy atom. The van der Waals surface area contributed by atoms with Gasteiger partial charge in [0.05, 0.1) is 0 Å². The average Bonchev–Trinajstić information content (AvgIpc) is 2.58. The van der Waals surface area contributed by atoms with Gasteiger partial charge in [0.2, 0.25) is 0 Å². The molecule has 0 bridgehead atoms. The highest BCUT2D eigenvalue weighted by Crippen LogP contribution is 2.22. The number of carbonyl (C=O) groups excluding carboxylic acids is 1. The molecule has 2 aromatic rings. The Bertz CT molecular complexity index is 682. The molecule has 5 heteroatoms. The van der Waals surface area contributed by atoms with Gasteiger partial charge in [0.25, 0.3) is 0 Å². The molecule has 24 heavy (non-hydrogen) atoms. The maximum Gasteiger partial charge on any atom is 0.330 e. The minimum atomic E-state index is -1.10. The number of carbonyl (C=O) groups is 2. The summed E-state index contributed by atoms with van der Waals surface area (Å²) < 4.78 is 0. The number of amides is 2. The first-order valence-corrected chi connectivity index (χ1v) is 7.90. The third kappa shape index (κ3) is 4.84. The SMILES string of the molecule is CC(C)CNC(=O)N[C@H](C(=O)O)c1ccc(-c2ccccc2)cc1. The lowest BCUT2D eigenvalue weighted by Gasteiger charge is -2.16. The molecule has 2 aromatic carbocycles. The van der Waals surface area contributed by atoms with Crippen molar-refractivity contribution in [1.29, 1.82) is 0 Å². The summed E-state index contributed by atoms with van der Waals surface area (Å²) in [5.41, 5.74) is 2.58. The topological polar surface area (TPSA) is 78.4 Å². The molecule has 0 radical (unpaired) electrons. The van der Waals surface area contributed by atoms with E-state index < -0.39 is 18.0 Å². The van der Waals surface area contributed by atoms with Gasteiger partial charge in [0, 0.05) is 6.54 Å². The second-order valence-electron chi connectivity index (χ2n) is 6.01. The van der Waals surface area contributed by atoms with Crippen LogP contribution in [0.15, 0.2) is 54.6 Å². The van der Waals surface area contributed by atoms with E-state index in [1.54, 1.807) is 12.1 Å². The summed E-state index contributed by atoms with van der Waals surface area (Å²) in [6.45, 7) is 4.43. The lowest BCUT2D eigenvalue weighted by atomic mass is 10.0. The second-order valence-corrected chi connectivity index (χ2v) is 6.01. The first-order chi connectivity index (χ1) is 11.5. The van der Waals surface area contributed by atoms with Crippen molar-refractivity contribution in [2.24, 2.45) is 5.92 Å². The Balaban J connectivity index is 2.11. The van der Waals surface area contributed by atoms with E-state index in [9.17, 15) is 14.7 Å². The highest BCUT2D eigenvalue weighted by atomic mass is 16.4.